The number of carbonyl (C=O) groups is 1. The fraction of sp³-hybridized carbons (Fsp3) is 0.433. The van der Waals surface area contributed by atoms with Crippen molar-refractivity contribution in [3.63, 3.8) is 0 Å². The summed E-state index contributed by atoms with van der Waals surface area (Å²) in [5.74, 6) is 0.245. The Labute approximate surface area is 229 Å². The number of hydrogen-bond acceptors (Lipinski definition) is 2. The van der Waals surface area contributed by atoms with Gasteiger partial charge in [0.05, 0.1) is 5.56 Å². The molecule has 1 N–H and O–H groups in total. The van der Waals surface area contributed by atoms with E-state index in [-0.39, 0.29) is 29.9 Å². The molecule has 3 heterocycles. The molecule has 0 bridgehead atoms. The molecular formula is C30H37ClF2N4O. The molecule has 4 aromatic rings. The molecular weight excluding hydrogens is 506 g/mol. The van der Waals surface area contributed by atoms with Crippen LogP contribution in [0, 0.1) is 17.6 Å². The van der Waals surface area contributed by atoms with Gasteiger partial charge in [0.1, 0.15) is 11.6 Å². The van der Waals surface area contributed by atoms with E-state index in [1.165, 1.54) is 56.4 Å². The molecule has 0 unspecified atom stereocenters. The van der Waals surface area contributed by atoms with Gasteiger partial charge in [0, 0.05) is 66.9 Å². The highest BCUT2D eigenvalue weighted by Gasteiger charge is 2.25. The molecule has 1 amide bonds. The van der Waals surface area contributed by atoms with Gasteiger partial charge in [-0.2, -0.15) is 0 Å². The number of halogens is 3. The van der Waals surface area contributed by atoms with Crippen molar-refractivity contribution in [2.75, 3.05) is 32.7 Å². The summed E-state index contributed by atoms with van der Waals surface area (Å²) >= 11 is 0. The van der Waals surface area contributed by atoms with Crippen LogP contribution in [0.15, 0.2) is 54.9 Å². The van der Waals surface area contributed by atoms with Gasteiger partial charge in [-0.1, -0.05) is 26.2 Å². The second-order valence-corrected chi connectivity index (χ2v) is 10.3. The van der Waals surface area contributed by atoms with E-state index in [0.29, 0.717) is 11.5 Å². The highest BCUT2D eigenvalue weighted by molar-refractivity contribution is 6.07. The molecule has 6 rings (SSSR count). The number of nitrogens with zero attached hydrogens (tertiary/aromatic N) is 3. The predicted octanol–water partition coefficient (Wildman–Crippen LogP) is 6.87. The fourth-order valence-electron chi connectivity index (χ4n) is 5.70. The highest BCUT2D eigenvalue weighted by atomic mass is 35.5. The largest absolute Gasteiger partial charge is 0.361 e. The monoisotopic (exact) mass is 542 g/mol. The molecule has 2 aromatic heterocycles. The van der Waals surface area contributed by atoms with Crippen LogP contribution in [-0.2, 0) is 6.54 Å². The number of carbonyl (C=O) groups excluding carboxylic acids is 1. The number of hydrogen-bond donors (Lipinski definition) is 1. The lowest BCUT2D eigenvalue weighted by molar-refractivity contribution is 0.0645. The van der Waals surface area contributed by atoms with Crippen LogP contribution in [0.1, 0.15) is 49.4 Å². The zero-order chi connectivity index (χ0) is 25.8. The van der Waals surface area contributed by atoms with Gasteiger partial charge in [0.2, 0.25) is 0 Å². The van der Waals surface area contributed by atoms with E-state index in [4.69, 9.17) is 0 Å². The third-order valence-corrected chi connectivity index (χ3v) is 7.88. The van der Waals surface area contributed by atoms with Gasteiger partial charge in [-0.15, -0.1) is 12.4 Å². The zero-order valence-electron chi connectivity index (χ0n) is 22.0. The topological polar surface area (TPSA) is 44.3 Å². The summed E-state index contributed by atoms with van der Waals surface area (Å²) in [6, 6.07) is 11.4. The molecule has 204 valence electrons. The van der Waals surface area contributed by atoms with Gasteiger partial charge in [-0.25, -0.2) is 8.78 Å². The Morgan fingerprint density at radius 2 is 1.66 bits per heavy atom. The second-order valence-electron chi connectivity index (χ2n) is 10.3. The van der Waals surface area contributed by atoms with E-state index in [1.54, 1.807) is 12.3 Å². The summed E-state index contributed by atoms with van der Waals surface area (Å²) in [7, 11) is 0. The van der Waals surface area contributed by atoms with Gasteiger partial charge < -0.3 is 19.4 Å². The lowest BCUT2D eigenvalue weighted by Crippen LogP contribution is -2.48. The molecule has 1 aliphatic heterocycles. The summed E-state index contributed by atoms with van der Waals surface area (Å²) in [5.41, 5.74) is 2.61. The van der Waals surface area contributed by atoms with Crippen molar-refractivity contribution in [1.29, 1.82) is 0 Å². The predicted molar refractivity (Wildman–Crippen MR) is 152 cm³/mol. The second kappa shape index (κ2) is 12.8. The summed E-state index contributed by atoms with van der Waals surface area (Å²) in [4.78, 5) is 20.5. The van der Waals surface area contributed by atoms with Gasteiger partial charge in [0.25, 0.3) is 5.91 Å². The minimum Gasteiger partial charge on any atom is -0.361 e. The van der Waals surface area contributed by atoms with Crippen LogP contribution in [0.4, 0.5) is 8.78 Å². The molecule has 1 saturated carbocycles. The van der Waals surface area contributed by atoms with Crippen molar-refractivity contribution >= 4 is 40.1 Å². The molecule has 2 aromatic carbocycles. The maximum Gasteiger partial charge on any atom is 0.256 e. The van der Waals surface area contributed by atoms with Crippen LogP contribution < -0.4 is 0 Å². The van der Waals surface area contributed by atoms with Crippen LogP contribution in [-0.4, -0.2) is 58.0 Å². The van der Waals surface area contributed by atoms with Gasteiger partial charge in [0.15, 0.2) is 0 Å². The minimum atomic E-state index is -0.275. The minimum absolute atomic E-state index is 0. The number of amides is 1. The third-order valence-electron chi connectivity index (χ3n) is 7.88. The van der Waals surface area contributed by atoms with Gasteiger partial charge in [-0.3, -0.25) is 4.79 Å². The number of benzene rings is 2. The molecule has 0 radical (unpaired) electrons. The molecule has 0 spiro atoms. The first kappa shape index (κ1) is 28.1. The number of fused-ring (bicyclic) bond motifs is 2. The zero-order valence-corrected chi connectivity index (χ0v) is 22.8. The Morgan fingerprint density at radius 1 is 0.947 bits per heavy atom. The van der Waals surface area contributed by atoms with Gasteiger partial charge >= 0.3 is 0 Å². The van der Waals surface area contributed by atoms with E-state index >= 15 is 0 Å². The summed E-state index contributed by atoms with van der Waals surface area (Å²) in [5, 5.41) is 1.67. The van der Waals surface area contributed by atoms with Crippen molar-refractivity contribution in [2.24, 2.45) is 5.92 Å². The maximum atomic E-state index is 13.9. The molecule has 2 fully saturated rings. The summed E-state index contributed by atoms with van der Waals surface area (Å²) < 4.78 is 28.6. The highest BCUT2D eigenvalue weighted by Crippen LogP contribution is 2.29. The van der Waals surface area contributed by atoms with E-state index in [2.05, 4.69) is 21.4 Å². The molecule has 5 nitrogen and oxygen atoms in total. The number of aromatic amines is 1. The third kappa shape index (κ3) is 6.38. The average Bonchev–Trinajstić information content (AvgIpc) is 3.53. The Balaban J connectivity index is 0.000000256. The van der Waals surface area contributed by atoms with E-state index in [1.807, 2.05) is 23.2 Å². The quantitative estimate of drug-likeness (QED) is 0.306. The number of rotatable bonds is 4. The van der Waals surface area contributed by atoms with E-state index in [0.717, 1.165) is 61.1 Å². The smallest absolute Gasteiger partial charge is 0.256 e. The van der Waals surface area contributed by atoms with Crippen LogP contribution in [0.3, 0.4) is 0 Å². The maximum absolute atomic E-state index is 13.9. The number of aromatic nitrogens is 2. The molecule has 1 aliphatic carbocycles. The first-order valence-electron chi connectivity index (χ1n) is 13.5. The number of nitrogens with one attached hydrogen (secondary N) is 1. The standard InChI is InChI=1S/C22H30FN3O.C8H6FN.ClH/c1-2-24-10-12-25(13-11-24)22(27)20-16-26(15-17-6-4-3-5-7-17)21-9-8-18(23)14-19(20)21;9-7-1-2-8-6(5-7)3-4-10-8;/h8-9,14,16-17H,2-7,10-13,15H2,1H3;1-5,10H;1H. The fourth-order valence-corrected chi connectivity index (χ4v) is 5.70. The number of piperazine rings is 1. The lowest BCUT2D eigenvalue weighted by atomic mass is 9.89. The first-order chi connectivity index (χ1) is 18.0. The van der Waals surface area contributed by atoms with Crippen molar-refractivity contribution in [3.05, 3.63) is 72.1 Å². The summed E-state index contributed by atoms with van der Waals surface area (Å²) in [6.45, 7) is 7.43. The number of likely N-dealkylation sites (N-methyl/N-ethyl adjacent to an activating group) is 1. The van der Waals surface area contributed by atoms with Gasteiger partial charge in [-0.05, 0) is 67.8 Å². The number of H-pyrrole nitrogens is 1. The normalized spacial score (nSPS) is 16.8. The lowest BCUT2D eigenvalue weighted by Gasteiger charge is -2.34. The average molecular weight is 543 g/mol. The molecule has 8 heteroatoms. The SMILES string of the molecule is CCN1CCN(C(=O)c2cn(CC3CCCCC3)c3ccc(F)cc23)CC1.Cl.Fc1ccc2[nH]ccc2c1. The van der Waals surface area contributed by atoms with E-state index < -0.39 is 0 Å². The van der Waals surface area contributed by atoms with Crippen molar-refractivity contribution in [2.45, 2.75) is 45.6 Å². The Morgan fingerprint density at radius 3 is 2.39 bits per heavy atom. The molecule has 38 heavy (non-hydrogen) atoms. The Bertz CT molecular complexity index is 1350. The summed E-state index contributed by atoms with van der Waals surface area (Å²) in [6.07, 6.45) is 10.2. The molecule has 1 saturated heterocycles. The van der Waals surface area contributed by atoms with Crippen LogP contribution in [0.2, 0.25) is 0 Å². The van der Waals surface area contributed by atoms with Crippen molar-refractivity contribution in [1.82, 2.24) is 19.4 Å². The van der Waals surface area contributed by atoms with Crippen LogP contribution in [0.25, 0.3) is 21.8 Å². The Kier molecular flexibility index (Phi) is 9.44. The Hall–Kier alpha value is -2.90. The van der Waals surface area contributed by atoms with Crippen LogP contribution in [0.5, 0.6) is 0 Å². The van der Waals surface area contributed by atoms with Crippen molar-refractivity contribution < 1.29 is 13.6 Å². The van der Waals surface area contributed by atoms with E-state index in [9.17, 15) is 13.6 Å². The molecule has 2 aliphatic rings. The van der Waals surface area contributed by atoms with Crippen LogP contribution >= 0.6 is 12.4 Å². The molecule has 0 atom stereocenters. The van der Waals surface area contributed by atoms with Crippen molar-refractivity contribution in [3.8, 4) is 0 Å². The first-order valence-corrected chi connectivity index (χ1v) is 13.5.